The van der Waals surface area contributed by atoms with Gasteiger partial charge in [-0.05, 0) is 31.9 Å². The number of nitrogens with one attached hydrogen (secondary N) is 1. The molecule has 5 nitrogen and oxygen atoms in total. The van der Waals surface area contributed by atoms with E-state index in [2.05, 4.69) is 10.3 Å². The van der Waals surface area contributed by atoms with Crippen LogP contribution in [-0.2, 0) is 4.74 Å². The Hall–Kier alpha value is -2.30. The molecule has 0 spiro atoms. The monoisotopic (exact) mass is 314 g/mol. The average molecular weight is 314 g/mol. The molecule has 0 atom stereocenters. The molecule has 1 N–H and O–H groups in total. The van der Waals surface area contributed by atoms with Gasteiger partial charge in [-0.15, -0.1) is 0 Å². The van der Waals surface area contributed by atoms with Crippen molar-refractivity contribution in [2.24, 2.45) is 0 Å². The molecule has 1 saturated carbocycles. The van der Waals surface area contributed by atoms with E-state index in [1.54, 1.807) is 6.92 Å². The quantitative estimate of drug-likeness (QED) is 0.835. The molecule has 0 amide bonds. The van der Waals surface area contributed by atoms with Gasteiger partial charge in [0.15, 0.2) is 0 Å². The van der Waals surface area contributed by atoms with Crippen LogP contribution in [0.3, 0.4) is 0 Å². The Morgan fingerprint density at radius 2 is 2.00 bits per heavy atom. The van der Waals surface area contributed by atoms with E-state index >= 15 is 0 Å². The molecule has 1 heterocycles. The summed E-state index contributed by atoms with van der Waals surface area (Å²) in [6.07, 6.45) is 5.85. The predicted octanol–water partition coefficient (Wildman–Crippen LogP) is 4.26. The summed E-state index contributed by atoms with van der Waals surface area (Å²) in [5.74, 6) is 0.415. The van der Waals surface area contributed by atoms with Crippen molar-refractivity contribution in [1.29, 1.82) is 0 Å². The molecule has 0 saturated heterocycles. The summed E-state index contributed by atoms with van der Waals surface area (Å²) in [6.45, 7) is 2.10. The smallest absolute Gasteiger partial charge is 0.362 e. The van der Waals surface area contributed by atoms with Crippen molar-refractivity contribution in [3.05, 3.63) is 36.0 Å². The number of nitrogens with zero attached hydrogens (tertiary/aromatic N) is 1. The first kappa shape index (κ1) is 15.6. The van der Waals surface area contributed by atoms with E-state index in [0.717, 1.165) is 18.4 Å². The van der Waals surface area contributed by atoms with Crippen LogP contribution in [0.2, 0.25) is 0 Å². The summed E-state index contributed by atoms with van der Waals surface area (Å²) < 4.78 is 11.0. The van der Waals surface area contributed by atoms with Gasteiger partial charge in [0, 0.05) is 11.6 Å². The van der Waals surface area contributed by atoms with Gasteiger partial charge >= 0.3 is 5.97 Å². The van der Waals surface area contributed by atoms with Crippen molar-refractivity contribution < 1.29 is 13.9 Å². The SMILES string of the molecule is CCOC(=O)c1nc(-c2ccccc2)oc1NC1CCCCC1. The maximum Gasteiger partial charge on any atom is 0.362 e. The normalized spacial score (nSPS) is 15.3. The number of aromatic nitrogens is 1. The number of benzene rings is 1. The third-order valence-corrected chi connectivity index (χ3v) is 4.06. The van der Waals surface area contributed by atoms with E-state index < -0.39 is 5.97 Å². The molecule has 0 unspecified atom stereocenters. The summed E-state index contributed by atoms with van der Waals surface area (Å²) in [7, 11) is 0. The highest BCUT2D eigenvalue weighted by Gasteiger charge is 2.24. The summed E-state index contributed by atoms with van der Waals surface area (Å²) in [6, 6.07) is 9.90. The second-order valence-corrected chi connectivity index (χ2v) is 5.76. The Balaban J connectivity index is 1.88. The molecule has 0 bridgehead atoms. The molecular weight excluding hydrogens is 292 g/mol. The fourth-order valence-electron chi connectivity index (χ4n) is 2.89. The molecule has 1 aromatic heterocycles. The molecule has 23 heavy (non-hydrogen) atoms. The molecule has 5 heteroatoms. The van der Waals surface area contributed by atoms with Gasteiger partial charge in [-0.3, -0.25) is 0 Å². The fourth-order valence-corrected chi connectivity index (χ4v) is 2.89. The zero-order chi connectivity index (χ0) is 16.1. The largest absolute Gasteiger partial charge is 0.461 e. The van der Waals surface area contributed by atoms with Gasteiger partial charge in [0.1, 0.15) is 0 Å². The van der Waals surface area contributed by atoms with E-state index in [9.17, 15) is 4.79 Å². The van der Waals surface area contributed by atoms with E-state index in [0.29, 0.717) is 24.4 Å². The number of anilines is 1. The van der Waals surface area contributed by atoms with Crippen molar-refractivity contribution in [2.45, 2.75) is 45.1 Å². The number of hydrogen-bond donors (Lipinski definition) is 1. The summed E-state index contributed by atoms with van der Waals surface area (Å²) in [4.78, 5) is 16.5. The third-order valence-electron chi connectivity index (χ3n) is 4.06. The molecule has 1 aliphatic rings. The van der Waals surface area contributed by atoms with Crippen LogP contribution in [0.4, 0.5) is 5.88 Å². The molecule has 3 rings (SSSR count). The topological polar surface area (TPSA) is 64.4 Å². The van der Waals surface area contributed by atoms with Crippen LogP contribution >= 0.6 is 0 Å². The maximum atomic E-state index is 12.2. The molecule has 0 radical (unpaired) electrons. The van der Waals surface area contributed by atoms with Crippen LogP contribution in [0.15, 0.2) is 34.7 Å². The lowest BCUT2D eigenvalue weighted by molar-refractivity contribution is 0.0521. The van der Waals surface area contributed by atoms with Gasteiger partial charge in [0.25, 0.3) is 0 Å². The third kappa shape index (κ3) is 3.73. The van der Waals surface area contributed by atoms with Gasteiger partial charge in [-0.2, -0.15) is 4.98 Å². The highest BCUT2D eigenvalue weighted by Crippen LogP contribution is 2.29. The van der Waals surface area contributed by atoms with Crippen molar-refractivity contribution in [3.8, 4) is 11.5 Å². The molecular formula is C18H22N2O3. The Bertz CT molecular complexity index is 646. The molecule has 1 aromatic carbocycles. The minimum atomic E-state index is -0.447. The zero-order valence-corrected chi connectivity index (χ0v) is 13.4. The standard InChI is InChI=1S/C18H22N2O3/c1-2-22-18(21)15-17(19-14-11-7-4-8-12-14)23-16(20-15)13-9-5-3-6-10-13/h3,5-6,9-10,14,19H,2,4,7-8,11-12H2,1H3. The second-order valence-electron chi connectivity index (χ2n) is 5.76. The van der Waals surface area contributed by atoms with Crippen LogP contribution in [0.25, 0.3) is 11.5 Å². The molecule has 1 aliphatic carbocycles. The lowest BCUT2D eigenvalue weighted by atomic mass is 9.95. The Labute approximate surface area is 136 Å². The second kappa shape index (κ2) is 7.31. The first-order valence-electron chi connectivity index (χ1n) is 8.28. The lowest BCUT2D eigenvalue weighted by Gasteiger charge is -2.22. The Morgan fingerprint density at radius 1 is 1.26 bits per heavy atom. The van der Waals surface area contributed by atoms with Gasteiger partial charge in [-0.1, -0.05) is 37.5 Å². The first-order chi connectivity index (χ1) is 11.3. The number of rotatable bonds is 5. The van der Waals surface area contributed by atoms with Gasteiger partial charge in [-0.25, -0.2) is 4.79 Å². The first-order valence-corrected chi connectivity index (χ1v) is 8.28. The van der Waals surface area contributed by atoms with Crippen molar-refractivity contribution in [2.75, 3.05) is 11.9 Å². The van der Waals surface area contributed by atoms with E-state index in [4.69, 9.17) is 9.15 Å². The summed E-state index contributed by atoms with van der Waals surface area (Å²) in [5.41, 5.74) is 1.08. The van der Waals surface area contributed by atoms with Crippen molar-refractivity contribution >= 4 is 11.9 Å². The average Bonchev–Trinajstić information content (AvgIpc) is 3.01. The highest BCUT2D eigenvalue weighted by atomic mass is 16.5. The molecule has 122 valence electrons. The van der Waals surface area contributed by atoms with Crippen molar-refractivity contribution in [1.82, 2.24) is 4.98 Å². The summed E-state index contributed by atoms with van der Waals surface area (Å²) in [5, 5.41) is 3.35. The van der Waals surface area contributed by atoms with E-state index in [-0.39, 0.29) is 5.69 Å². The van der Waals surface area contributed by atoms with Crippen LogP contribution in [0, 0.1) is 0 Å². The number of oxazole rings is 1. The van der Waals surface area contributed by atoms with Gasteiger partial charge in [0.2, 0.25) is 17.5 Å². The number of ether oxygens (including phenoxy) is 1. The summed E-state index contributed by atoms with van der Waals surface area (Å²) >= 11 is 0. The van der Waals surface area contributed by atoms with Crippen LogP contribution in [-0.4, -0.2) is 23.6 Å². The minimum Gasteiger partial charge on any atom is -0.461 e. The molecule has 0 aliphatic heterocycles. The van der Waals surface area contributed by atoms with Crippen LogP contribution < -0.4 is 5.32 Å². The molecule has 1 fully saturated rings. The van der Waals surface area contributed by atoms with E-state index in [1.807, 2.05) is 30.3 Å². The maximum absolute atomic E-state index is 12.2. The molecule has 2 aromatic rings. The van der Waals surface area contributed by atoms with Gasteiger partial charge in [0.05, 0.1) is 6.61 Å². The minimum absolute atomic E-state index is 0.233. The van der Waals surface area contributed by atoms with Crippen LogP contribution in [0.5, 0.6) is 0 Å². The number of esters is 1. The number of carbonyl (C=O) groups excluding carboxylic acids is 1. The van der Waals surface area contributed by atoms with Gasteiger partial charge < -0.3 is 14.5 Å². The fraction of sp³-hybridized carbons (Fsp3) is 0.444. The van der Waals surface area contributed by atoms with Crippen molar-refractivity contribution in [3.63, 3.8) is 0 Å². The predicted molar refractivity (Wildman–Crippen MR) is 88.4 cm³/mol. The van der Waals surface area contributed by atoms with E-state index in [1.165, 1.54) is 19.3 Å². The highest BCUT2D eigenvalue weighted by molar-refractivity contribution is 5.93. The Morgan fingerprint density at radius 3 is 2.70 bits per heavy atom. The lowest BCUT2D eigenvalue weighted by Crippen LogP contribution is -2.23. The zero-order valence-electron chi connectivity index (χ0n) is 13.4. The number of hydrogen-bond acceptors (Lipinski definition) is 5. The van der Waals surface area contributed by atoms with Crippen LogP contribution in [0.1, 0.15) is 49.5 Å². The Kier molecular flexibility index (Phi) is 4.95. The number of carbonyl (C=O) groups is 1.